The number of nitrogens with zero attached hydrogens (tertiary/aromatic N) is 4. The molecule has 426 valence electrons. The van der Waals surface area contributed by atoms with Gasteiger partial charge >= 0.3 is 23.9 Å². The minimum absolute atomic E-state index is 0.140. The molecule has 0 atom stereocenters. The lowest BCUT2D eigenvalue weighted by Crippen LogP contribution is -2.25. The number of benzene rings is 8. The van der Waals surface area contributed by atoms with Gasteiger partial charge in [0.15, 0.2) is 6.20 Å². The second-order valence-corrected chi connectivity index (χ2v) is 18.2. The number of hydrogen-bond acceptors (Lipinski definition) is 13. The third-order valence-corrected chi connectivity index (χ3v) is 12.3. The van der Waals surface area contributed by atoms with Crippen molar-refractivity contribution in [2.24, 2.45) is 0 Å². The fourth-order valence-electron chi connectivity index (χ4n) is 8.00. The number of esters is 3. The molecular formula is C69H58IN5O10. The highest BCUT2D eigenvalue weighted by Crippen LogP contribution is 2.19. The molecule has 0 spiro atoms. The number of carbonyl (C=O) groups is 4. The van der Waals surface area contributed by atoms with Crippen molar-refractivity contribution in [2.45, 2.75) is 26.4 Å². The van der Waals surface area contributed by atoms with Gasteiger partial charge in [-0.25, -0.2) is 24.2 Å². The van der Waals surface area contributed by atoms with Gasteiger partial charge in [0.1, 0.15) is 25.6 Å². The Morgan fingerprint density at radius 2 is 0.859 bits per heavy atom. The predicted molar refractivity (Wildman–Crippen MR) is 339 cm³/mol. The molecule has 4 N–H and O–H groups in total. The second-order valence-electron chi connectivity index (χ2n) is 18.2. The highest BCUT2D eigenvalue weighted by Gasteiger charge is 2.13. The first-order valence-electron chi connectivity index (χ1n) is 27.0. The van der Waals surface area contributed by atoms with E-state index in [9.17, 15) is 24.4 Å². The van der Waals surface area contributed by atoms with Gasteiger partial charge in [-0.2, -0.15) is 4.73 Å². The third-order valence-electron chi connectivity index (χ3n) is 12.3. The maximum Gasteiger partial charge on any atom is 0.338 e. The molecule has 4 heterocycles. The molecule has 0 saturated heterocycles. The first kappa shape index (κ1) is 60.7. The Morgan fingerprint density at radius 3 is 1.29 bits per heavy atom. The Morgan fingerprint density at radius 1 is 0.482 bits per heavy atom. The van der Waals surface area contributed by atoms with Gasteiger partial charge in [0.25, 0.3) is 0 Å². The van der Waals surface area contributed by atoms with Gasteiger partial charge in [-0.3, -0.25) is 9.97 Å². The average molecular weight is 1250 g/mol. The maximum absolute atomic E-state index is 12.1. The Kier molecular flexibility index (Phi) is 23.5. The van der Waals surface area contributed by atoms with Gasteiger partial charge in [-0.05, 0) is 124 Å². The van der Waals surface area contributed by atoms with Gasteiger partial charge in [0.05, 0.1) is 45.4 Å². The summed E-state index contributed by atoms with van der Waals surface area (Å²) in [4.78, 5) is 59.7. The summed E-state index contributed by atoms with van der Waals surface area (Å²) >= 11 is 1.96. The molecule has 0 aliphatic heterocycles. The fourth-order valence-corrected chi connectivity index (χ4v) is 8.00. The summed E-state index contributed by atoms with van der Waals surface area (Å²) in [6.45, 7) is 0.914. The van der Waals surface area contributed by atoms with Crippen LogP contribution in [0.25, 0.3) is 43.6 Å². The van der Waals surface area contributed by atoms with Crippen LogP contribution in [0.15, 0.2) is 261 Å². The van der Waals surface area contributed by atoms with Crippen LogP contribution in [0.1, 0.15) is 65.1 Å². The molecule has 0 aliphatic rings. The lowest BCUT2D eigenvalue weighted by atomic mass is 10.1. The Bertz CT molecular complexity index is 4140. The molecule has 0 radical (unpaired) electrons. The van der Waals surface area contributed by atoms with Crippen molar-refractivity contribution in [1.82, 2.24) is 15.0 Å². The largest absolute Gasteiger partial charge is 0.618 e. The van der Waals surface area contributed by atoms with E-state index in [1.165, 1.54) is 6.20 Å². The molecular weight excluding hydrogens is 1190 g/mol. The lowest BCUT2D eigenvalue weighted by molar-refractivity contribution is -0.577. The first-order chi connectivity index (χ1) is 41.9. The van der Waals surface area contributed by atoms with Crippen LogP contribution in [-0.2, 0) is 40.6 Å². The number of ether oxygens (including phenoxy) is 3. The number of halogens is 1. The summed E-state index contributed by atoms with van der Waals surface area (Å²) in [5.74, 6) is -1.52. The number of aromatic carboxylic acids is 1. The van der Waals surface area contributed by atoms with Crippen LogP contribution in [-0.4, -0.2) is 53.9 Å². The van der Waals surface area contributed by atoms with Gasteiger partial charge in [0.2, 0.25) is 5.52 Å². The number of anilines is 1. The van der Waals surface area contributed by atoms with Crippen LogP contribution in [0.5, 0.6) is 0 Å². The number of carboxylic acids is 1. The lowest BCUT2D eigenvalue weighted by Gasteiger charge is -2.06. The average Bonchev–Trinajstić information content (AvgIpc) is 3.38. The molecule has 4 aromatic heterocycles. The highest BCUT2D eigenvalue weighted by molar-refractivity contribution is 14.1. The standard InChI is InChI=1S/C17H14N2O2.C17H13NO3.C17H13NO2.C10H7NO2.C7H8O.CH3I/c18-16-9-7-13-10-14(6-8-15(13)19-16)17(20)21-11-12-4-2-1-3-5-12;19-17(21-12-13-5-2-1-3-6-13)15-8-9-16-14(11-15)7-4-10-18(16)20;19-17(20-12-13-5-2-1-3-6-13)15-8-9-16-14(11-15)7-4-10-18-16;12-10(13)8-3-4-9-7(6-8)2-1-5-11-9;8-6-7-4-2-1-3-5-7;1-2/h1-10H,11H2,(H2,18,19);1-11H,12H2;1-11H,12H2;1-6H,(H,12,13);1-5,8H,6H2;1H3/i;;;;;1D. The Hall–Kier alpha value is -10.4. The number of alkyl halides is 1. The highest BCUT2D eigenvalue weighted by atomic mass is 127. The van der Waals surface area contributed by atoms with Gasteiger partial charge in [-0.15, -0.1) is 0 Å². The quantitative estimate of drug-likeness (QED) is 0.0273. The van der Waals surface area contributed by atoms with Crippen LogP contribution >= 0.6 is 22.6 Å². The molecule has 15 nitrogen and oxygen atoms in total. The Labute approximate surface area is 505 Å². The number of nitrogen functional groups attached to an aromatic ring is 1. The number of aliphatic hydroxyl groups is 1. The summed E-state index contributed by atoms with van der Waals surface area (Å²) in [5, 5.41) is 32.2. The van der Waals surface area contributed by atoms with E-state index < -0.39 is 11.9 Å². The van der Waals surface area contributed by atoms with E-state index in [1.54, 1.807) is 103 Å². The van der Waals surface area contributed by atoms with E-state index >= 15 is 0 Å². The molecule has 0 bridgehead atoms. The summed E-state index contributed by atoms with van der Waals surface area (Å²) in [6, 6.07) is 73.0. The van der Waals surface area contributed by atoms with E-state index in [4.69, 9.17) is 31.5 Å². The second kappa shape index (κ2) is 32.9. The van der Waals surface area contributed by atoms with Crippen molar-refractivity contribution in [2.75, 3.05) is 10.6 Å². The summed E-state index contributed by atoms with van der Waals surface area (Å²) in [5.41, 5.74) is 14.2. The zero-order valence-corrected chi connectivity index (χ0v) is 47.9. The molecule has 0 unspecified atom stereocenters. The molecule has 12 aromatic rings. The van der Waals surface area contributed by atoms with Gasteiger partial charge in [-0.1, -0.05) is 156 Å². The number of carboxylic acid groups (broad SMARTS) is 1. The monoisotopic (exact) mass is 1240 g/mol. The minimum atomic E-state index is -0.911. The summed E-state index contributed by atoms with van der Waals surface area (Å²) in [7, 11) is 0. The number of aromatic nitrogens is 4. The third kappa shape index (κ3) is 19.3. The fraction of sp³-hybridized carbons (Fsp3) is 0.0725. The molecule has 8 aromatic carbocycles. The van der Waals surface area contributed by atoms with Crippen LogP contribution in [0.3, 0.4) is 0 Å². The topological polar surface area (TPSA) is 228 Å². The van der Waals surface area contributed by atoms with Crippen molar-refractivity contribution < 1.29 is 49.7 Å². The molecule has 85 heavy (non-hydrogen) atoms. The van der Waals surface area contributed by atoms with Gasteiger partial charge < -0.3 is 35.4 Å². The van der Waals surface area contributed by atoms with Crippen LogP contribution in [0.2, 0.25) is 0 Å². The summed E-state index contributed by atoms with van der Waals surface area (Å²) in [6.07, 6.45) is 4.84. The molecule has 0 saturated carbocycles. The zero-order valence-electron chi connectivity index (χ0n) is 46.8. The molecule has 16 heteroatoms. The van der Waals surface area contributed by atoms with E-state index in [2.05, 4.69) is 15.0 Å². The number of hydrogen-bond donors (Lipinski definition) is 3. The van der Waals surface area contributed by atoms with E-state index in [0.29, 0.717) is 43.9 Å². The van der Waals surface area contributed by atoms with Crippen LogP contribution in [0, 0.1) is 5.21 Å². The van der Waals surface area contributed by atoms with Crippen molar-refractivity contribution in [3.63, 3.8) is 0 Å². The number of fused-ring (bicyclic) bond motifs is 4. The SMILES string of the molecule is Nc1ccc2cc(C(=O)OCc3ccccc3)ccc2n1.O=C(O)c1ccc2ncccc2c1.O=C(OCc1ccccc1)c1ccc2c(ccc[n+]2[O-])c1.O=C(OCc1ccccc1)c1ccc2ncccc2c1.OCc1ccccc1.[2H]CI. The van der Waals surface area contributed by atoms with Crippen LogP contribution in [0.4, 0.5) is 5.82 Å². The normalized spacial score (nSPS) is 10.3. The predicted octanol–water partition coefficient (Wildman–Crippen LogP) is 13.8. The first-order valence-corrected chi connectivity index (χ1v) is 27.8. The molecule has 12 rings (SSSR count). The van der Waals surface area contributed by atoms with Crippen molar-refractivity contribution >= 4 is 95.9 Å². The minimum Gasteiger partial charge on any atom is -0.618 e. The zero-order chi connectivity index (χ0) is 60.9. The van der Waals surface area contributed by atoms with E-state index in [0.717, 1.165) is 59.7 Å². The van der Waals surface area contributed by atoms with Crippen molar-refractivity contribution in [1.29, 1.82) is 0 Å². The Balaban J connectivity index is 0.000000156. The maximum atomic E-state index is 12.1. The van der Waals surface area contributed by atoms with Crippen molar-refractivity contribution in [3.8, 4) is 0 Å². The number of rotatable bonds is 11. The van der Waals surface area contributed by atoms with Crippen molar-refractivity contribution in [3.05, 3.63) is 311 Å². The number of aliphatic hydroxyl groups excluding tert-OH is 1. The van der Waals surface area contributed by atoms with Gasteiger partial charge in [0, 0.05) is 47.4 Å². The molecule has 0 aliphatic carbocycles. The number of pyridine rings is 4. The number of nitrogens with two attached hydrogens (primary N) is 1. The molecule has 0 fully saturated rings. The summed E-state index contributed by atoms with van der Waals surface area (Å²) < 4.78 is 22.8. The van der Waals surface area contributed by atoms with E-state index in [1.807, 2.05) is 174 Å². The van der Waals surface area contributed by atoms with E-state index in [-0.39, 0.29) is 38.4 Å². The smallest absolute Gasteiger partial charge is 0.338 e. The molecule has 0 amide bonds. The van der Waals surface area contributed by atoms with Crippen LogP contribution < -0.4 is 10.5 Å². The number of carbonyl (C=O) groups excluding carboxylic acids is 3.